The summed E-state index contributed by atoms with van der Waals surface area (Å²) in [5.41, 5.74) is 3.58. The maximum Gasteiger partial charge on any atom is 0.408 e. The number of ether oxygens (including phenoxy) is 2. The number of para-hydroxylation sites is 1. The minimum atomic E-state index is -0.895. The number of pyridine rings is 1. The quantitative estimate of drug-likeness (QED) is 0.0883. The molecule has 3 aliphatic heterocycles. The highest BCUT2D eigenvalue weighted by Crippen LogP contribution is 2.33. The van der Waals surface area contributed by atoms with Crippen molar-refractivity contribution < 1.29 is 29.3 Å². The number of hydrogen-bond donors (Lipinski definition) is 6. The lowest BCUT2D eigenvalue weighted by Gasteiger charge is -2.43. The number of rotatable bonds is 14. The number of carbonyl (C=O) groups is 2. The van der Waals surface area contributed by atoms with Gasteiger partial charge in [-0.1, -0.05) is 66.7 Å². The molecule has 3 saturated heterocycles. The average Bonchev–Trinajstić information content (AvgIpc) is 3.20. The van der Waals surface area contributed by atoms with Crippen molar-refractivity contribution in [2.24, 2.45) is 5.92 Å². The van der Waals surface area contributed by atoms with Crippen LogP contribution in [0.25, 0.3) is 10.9 Å². The van der Waals surface area contributed by atoms with Crippen molar-refractivity contribution in [3.63, 3.8) is 0 Å². The highest BCUT2D eigenvalue weighted by Gasteiger charge is 2.37. The molecule has 0 aliphatic carbocycles. The SMILES string of the molecule is O=C(NC(c1ccccc1)c1ccccc1OCc1ccc(C(=O)NCCNC[C@H](O)c2ccc(O)c3[nH]c(=O)ccc23)cc1)O[C@H]1CN2CCC1CC2. The van der Waals surface area contributed by atoms with Crippen molar-refractivity contribution in [1.29, 1.82) is 0 Å². The molecule has 2 amide bonds. The first-order valence-corrected chi connectivity index (χ1v) is 18.4. The molecule has 0 radical (unpaired) electrons. The summed E-state index contributed by atoms with van der Waals surface area (Å²) in [5, 5.41) is 30.5. The van der Waals surface area contributed by atoms with Crippen molar-refractivity contribution in [3.8, 4) is 11.5 Å². The van der Waals surface area contributed by atoms with Crippen molar-refractivity contribution in [3.05, 3.63) is 141 Å². The van der Waals surface area contributed by atoms with Gasteiger partial charge >= 0.3 is 6.09 Å². The van der Waals surface area contributed by atoms with Gasteiger partial charge in [0.25, 0.3) is 5.91 Å². The van der Waals surface area contributed by atoms with E-state index in [0.717, 1.165) is 49.2 Å². The second-order valence-corrected chi connectivity index (χ2v) is 13.9. The van der Waals surface area contributed by atoms with E-state index in [2.05, 4.69) is 25.8 Å². The van der Waals surface area contributed by atoms with E-state index < -0.39 is 18.2 Å². The summed E-state index contributed by atoms with van der Waals surface area (Å²) in [4.78, 5) is 42.8. The Kier molecular flexibility index (Phi) is 11.5. The van der Waals surface area contributed by atoms with Crippen LogP contribution < -0.4 is 26.2 Å². The molecule has 1 aromatic heterocycles. The van der Waals surface area contributed by atoms with Crippen LogP contribution in [0.5, 0.6) is 11.5 Å². The molecule has 8 rings (SSSR count). The molecule has 4 aromatic carbocycles. The van der Waals surface area contributed by atoms with Gasteiger partial charge in [-0.15, -0.1) is 0 Å². The Morgan fingerprint density at radius 1 is 0.870 bits per heavy atom. The van der Waals surface area contributed by atoms with Crippen LogP contribution in [0.2, 0.25) is 0 Å². The number of phenolic OH excluding ortho intramolecular Hbond substituents is 1. The monoisotopic (exact) mass is 731 g/mol. The molecule has 4 heterocycles. The molecular formula is C42H45N5O7. The largest absolute Gasteiger partial charge is 0.506 e. The van der Waals surface area contributed by atoms with E-state index in [-0.39, 0.29) is 42.0 Å². The van der Waals surface area contributed by atoms with E-state index in [1.54, 1.807) is 24.3 Å². The summed E-state index contributed by atoms with van der Waals surface area (Å²) in [5.74, 6) is 0.732. The number of carbonyl (C=O) groups excluding carboxylic acids is 2. The number of alkyl carbamates (subject to hydrolysis) is 1. The number of phenols is 1. The van der Waals surface area contributed by atoms with Crippen LogP contribution in [0.15, 0.2) is 108 Å². The summed E-state index contributed by atoms with van der Waals surface area (Å²) >= 11 is 0. The van der Waals surface area contributed by atoms with Gasteiger partial charge in [0.15, 0.2) is 0 Å². The minimum Gasteiger partial charge on any atom is -0.506 e. The van der Waals surface area contributed by atoms with Crippen LogP contribution in [0.4, 0.5) is 4.79 Å². The number of H-pyrrole nitrogens is 1. The predicted molar refractivity (Wildman–Crippen MR) is 204 cm³/mol. The van der Waals surface area contributed by atoms with Crippen LogP contribution in [0.1, 0.15) is 57.6 Å². The van der Waals surface area contributed by atoms with E-state index in [0.29, 0.717) is 41.3 Å². The number of aliphatic hydroxyl groups is 1. The Labute approximate surface area is 313 Å². The zero-order valence-electron chi connectivity index (χ0n) is 29.9. The second-order valence-electron chi connectivity index (χ2n) is 13.9. The lowest BCUT2D eigenvalue weighted by atomic mass is 9.86. The molecule has 280 valence electrons. The Bertz CT molecular complexity index is 2120. The highest BCUT2D eigenvalue weighted by molar-refractivity contribution is 5.94. The summed E-state index contributed by atoms with van der Waals surface area (Å²) in [6.45, 7) is 4.13. The lowest BCUT2D eigenvalue weighted by Crippen LogP contribution is -2.52. The third kappa shape index (κ3) is 8.74. The molecule has 3 aliphatic rings. The fourth-order valence-corrected chi connectivity index (χ4v) is 7.35. The first kappa shape index (κ1) is 36.7. The Morgan fingerprint density at radius 3 is 2.39 bits per heavy atom. The van der Waals surface area contributed by atoms with E-state index in [1.807, 2.05) is 66.7 Å². The van der Waals surface area contributed by atoms with Gasteiger partial charge < -0.3 is 40.6 Å². The van der Waals surface area contributed by atoms with E-state index in [9.17, 15) is 24.6 Å². The van der Waals surface area contributed by atoms with Gasteiger partial charge in [0.1, 0.15) is 24.2 Å². The van der Waals surface area contributed by atoms with Crippen molar-refractivity contribution in [2.45, 2.75) is 37.7 Å². The number of nitrogens with zero attached hydrogens (tertiary/aromatic N) is 1. The number of benzene rings is 4. The maximum absolute atomic E-state index is 13.3. The molecule has 0 spiro atoms. The molecular weight excluding hydrogens is 686 g/mol. The zero-order valence-corrected chi connectivity index (χ0v) is 29.9. The fourth-order valence-electron chi connectivity index (χ4n) is 7.35. The highest BCUT2D eigenvalue weighted by atomic mass is 16.6. The number of hydrogen-bond acceptors (Lipinski definition) is 9. The topological polar surface area (TPSA) is 165 Å². The molecule has 54 heavy (non-hydrogen) atoms. The van der Waals surface area contributed by atoms with Gasteiger partial charge in [-0.25, -0.2) is 4.79 Å². The van der Waals surface area contributed by atoms with Gasteiger partial charge in [-0.2, -0.15) is 0 Å². The molecule has 6 N–H and O–H groups in total. The first-order chi connectivity index (χ1) is 26.3. The molecule has 12 nitrogen and oxygen atoms in total. The molecule has 1 unspecified atom stereocenters. The Morgan fingerprint density at radius 2 is 1.63 bits per heavy atom. The number of fused-ring (bicyclic) bond motifs is 4. The number of nitrogens with one attached hydrogen (secondary N) is 4. The molecule has 3 atom stereocenters. The lowest BCUT2D eigenvalue weighted by molar-refractivity contribution is -0.0336. The standard InChI is InChI=1S/C42H45N5O7/c48-34-16-14-31(32-15-17-38(50)45-40(32)34)35(49)24-43-20-21-44-41(51)30-12-10-27(11-13-30)26-53-36-9-5-4-8-33(36)39(29-6-2-1-3-7-29)46-42(52)54-37-25-47-22-18-28(37)19-23-47/h1-17,28,35,37,39,43,48-49H,18-26H2,(H,44,51)(H,45,50)(H,46,52)/t35-,37-,39?/m0/s1. The number of aliphatic hydroxyl groups excluding tert-OH is 1. The normalized spacial score (nSPS) is 18.8. The predicted octanol–water partition coefficient (Wildman–Crippen LogP) is 4.78. The van der Waals surface area contributed by atoms with Gasteiger partial charge in [0.2, 0.25) is 5.56 Å². The Balaban J connectivity index is 0.909. The molecule has 5 aromatic rings. The number of amides is 2. The molecule has 3 fully saturated rings. The van der Waals surface area contributed by atoms with Gasteiger partial charge in [0, 0.05) is 48.8 Å². The maximum atomic E-state index is 13.3. The summed E-state index contributed by atoms with van der Waals surface area (Å²) < 4.78 is 12.3. The molecule has 12 heteroatoms. The summed E-state index contributed by atoms with van der Waals surface area (Å²) in [6, 6.07) is 30.1. The summed E-state index contributed by atoms with van der Waals surface area (Å²) in [7, 11) is 0. The number of aromatic nitrogens is 1. The Hall–Kier alpha value is -5.69. The van der Waals surface area contributed by atoms with Crippen molar-refractivity contribution in [2.75, 3.05) is 39.3 Å². The first-order valence-electron chi connectivity index (χ1n) is 18.4. The van der Waals surface area contributed by atoms with Crippen LogP contribution in [-0.2, 0) is 11.3 Å². The van der Waals surface area contributed by atoms with Gasteiger partial charge in [-0.3, -0.25) is 14.5 Å². The van der Waals surface area contributed by atoms with Crippen LogP contribution in [-0.4, -0.2) is 77.5 Å². The minimum absolute atomic E-state index is 0.0696. The van der Waals surface area contributed by atoms with E-state index in [4.69, 9.17) is 9.47 Å². The molecule has 0 saturated carbocycles. The average molecular weight is 732 g/mol. The van der Waals surface area contributed by atoms with Gasteiger partial charge in [0.05, 0.1) is 17.7 Å². The van der Waals surface area contributed by atoms with Crippen LogP contribution in [0.3, 0.4) is 0 Å². The third-order valence-corrected chi connectivity index (χ3v) is 10.3. The fraction of sp³-hybridized carbons (Fsp3) is 0.310. The molecule has 2 bridgehead atoms. The van der Waals surface area contributed by atoms with Crippen LogP contribution in [0, 0.1) is 5.92 Å². The summed E-state index contributed by atoms with van der Waals surface area (Å²) in [6.07, 6.45) is 0.668. The van der Waals surface area contributed by atoms with Crippen molar-refractivity contribution in [1.82, 2.24) is 25.8 Å². The zero-order chi connectivity index (χ0) is 37.4. The van der Waals surface area contributed by atoms with Crippen LogP contribution >= 0.6 is 0 Å². The second kappa shape index (κ2) is 17.0. The van der Waals surface area contributed by atoms with Gasteiger partial charge in [-0.05, 0) is 78.9 Å². The number of piperidine rings is 3. The van der Waals surface area contributed by atoms with E-state index in [1.165, 1.54) is 12.1 Å². The third-order valence-electron chi connectivity index (χ3n) is 10.3. The number of aromatic amines is 1. The number of aromatic hydroxyl groups is 1. The van der Waals surface area contributed by atoms with E-state index >= 15 is 0 Å². The smallest absolute Gasteiger partial charge is 0.408 e. The van der Waals surface area contributed by atoms with Crippen molar-refractivity contribution >= 4 is 22.9 Å².